The molecule has 0 aromatic heterocycles. The van der Waals surface area contributed by atoms with E-state index in [-0.39, 0.29) is 11.9 Å². The van der Waals surface area contributed by atoms with Crippen LogP contribution in [0.25, 0.3) is 0 Å². The number of nitrogens with two attached hydrogens (primary N) is 1. The SMILES string of the molecule is NC(=S)C(NC(=O)c1cc(Br)ccc1I)C1CC1. The standard InChI is InChI=1S/C12H12BrIN2OS/c13-7-3-4-9(14)8(5-7)12(17)16-10(11(15)18)6-1-2-6/h3-6,10H,1-2H2,(H2,15,18)(H,16,17). The van der Waals surface area contributed by atoms with Crippen molar-refractivity contribution >= 4 is 61.6 Å². The molecular weight excluding hydrogens is 427 g/mol. The molecule has 0 bridgehead atoms. The van der Waals surface area contributed by atoms with Crippen molar-refractivity contribution in [2.24, 2.45) is 11.7 Å². The molecule has 0 aliphatic heterocycles. The van der Waals surface area contributed by atoms with Gasteiger partial charge in [-0.25, -0.2) is 0 Å². The number of nitrogens with one attached hydrogen (secondary N) is 1. The average molecular weight is 439 g/mol. The Hall–Kier alpha value is -0.210. The molecule has 96 valence electrons. The van der Waals surface area contributed by atoms with Gasteiger partial charge in [-0.1, -0.05) is 28.1 Å². The van der Waals surface area contributed by atoms with E-state index in [0.717, 1.165) is 20.9 Å². The first-order valence-electron chi connectivity index (χ1n) is 5.54. The second-order valence-electron chi connectivity index (χ2n) is 4.32. The molecule has 6 heteroatoms. The Morgan fingerprint density at radius 1 is 1.56 bits per heavy atom. The summed E-state index contributed by atoms with van der Waals surface area (Å²) in [7, 11) is 0. The number of amides is 1. The minimum absolute atomic E-state index is 0.120. The summed E-state index contributed by atoms with van der Waals surface area (Å²) in [6.45, 7) is 0. The molecule has 1 fully saturated rings. The highest BCUT2D eigenvalue weighted by Gasteiger charge is 2.34. The number of benzene rings is 1. The first-order valence-corrected chi connectivity index (χ1v) is 7.82. The molecule has 1 aliphatic rings. The summed E-state index contributed by atoms with van der Waals surface area (Å²) < 4.78 is 1.79. The minimum atomic E-state index is -0.178. The fourth-order valence-electron chi connectivity index (χ4n) is 1.74. The zero-order valence-corrected chi connectivity index (χ0v) is 14.0. The topological polar surface area (TPSA) is 55.1 Å². The van der Waals surface area contributed by atoms with Gasteiger partial charge in [0.15, 0.2) is 0 Å². The first kappa shape index (κ1) is 14.2. The lowest BCUT2D eigenvalue weighted by atomic mass is 10.1. The van der Waals surface area contributed by atoms with Crippen LogP contribution >= 0.6 is 50.7 Å². The Morgan fingerprint density at radius 2 is 2.22 bits per heavy atom. The van der Waals surface area contributed by atoms with Gasteiger partial charge in [-0.05, 0) is 59.5 Å². The van der Waals surface area contributed by atoms with E-state index in [1.165, 1.54) is 0 Å². The van der Waals surface area contributed by atoms with Crippen molar-refractivity contribution < 1.29 is 4.79 Å². The molecule has 1 saturated carbocycles. The molecule has 1 aliphatic carbocycles. The van der Waals surface area contributed by atoms with E-state index < -0.39 is 0 Å². The monoisotopic (exact) mass is 438 g/mol. The van der Waals surface area contributed by atoms with Crippen LogP contribution in [0, 0.1) is 9.49 Å². The normalized spacial score (nSPS) is 16.1. The van der Waals surface area contributed by atoms with Crippen LogP contribution in [0.4, 0.5) is 0 Å². The largest absolute Gasteiger partial charge is 0.392 e. The van der Waals surface area contributed by atoms with Crippen molar-refractivity contribution in [1.82, 2.24) is 5.32 Å². The first-order chi connectivity index (χ1) is 8.49. The predicted octanol–water partition coefficient (Wildman–Crippen LogP) is 2.85. The van der Waals surface area contributed by atoms with Gasteiger partial charge in [-0.3, -0.25) is 4.79 Å². The van der Waals surface area contributed by atoms with Crippen LogP contribution in [0.5, 0.6) is 0 Å². The van der Waals surface area contributed by atoms with E-state index in [1.807, 2.05) is 12.1 Å². The number of hydrogen-bond donors (Lipinski definition) is 2. The van der Waals surface area contributed by atoms with Crippen LogP contribution in [0.15, 0.2) is 22.7 Å². The van der Waals surface area contributed by atoms with Gasteiger partial charge in [0.2, 0.25) is 0 Å². The van der Waals surface area contributed by atoms with Crippen molar-refractivity contribution in [2.45, 2.75) is 18.9 Å². The van der Waals surface area contributed by atoms with Crippen LogP contribution in [-0.2, 0) is 0 Å². The zero-order valence-electron chi connectivity index (χ0n) is 9.45. The summed E-state index contributed by atoms with van der Waals surface area (Å²) in [6.07, 6.45) is 2.16. The van der Waals surface area contributed by atoms with Gasteiger partial charge in [0.25, 0.3) is 5.91 Å². The fourth-order valence-corrected chi connectivity index (χ4v) is 2.93. The van der Waals surface area contributed by atoms with E-state index in [4.69, 9.17) is 18.0 Å². The second-order valence-corrected chi connectivity index (χ2v) is 6.86. The highest BCUT2D eigenvalue weighted by molar-refractivity contribution is 14.1. The smallest absolute Gasteiger partial charge is 0.252 e. The minimum Gasteiger partial charge on any atom is -0.392 e. The summed E-state index contributed by atoms with van der Waals surface area (Å²) >= 11 is 10.5. The van der Waals surface area contributed by atoms with Crippen LogP contribution in [-0.4, -0.2) is 16.9 Å². The number of hydrogen-bond acceptors (Lipinski definition) is 2. The molecule has 3 N–H and O–H groups in total. The van der Waals surface area contributed by atoms with Crippen molar-refractivity contribution in [3.8, 4) is 0 Å². The lowest BCUT2D eigenvalue weighted by Gasteiger charge is -2.17. The van der Waals surface area contributed by atoms with Crippen LogP contribution in [0.2, 0.25) is 0 Å². The Labute approximate surface area is 133 Å². The summed E-state index contributed by atoms with van der Waals surface area (Å²) in [5, 5.41) is 2.93. The summed E-state index contributed by atoms with van der Waals surface area (Å²) in [5.74, 6) is 0.293. The molecule has 1 unspecified atom stereocenters. The lowest BCUT2D eigenvalue weighted by molar-refractivity contribution is 0.0943. The molecule has 1 aromatic carbocycles. The van der Waals surface area contributed by atoms with Gasteiger partial charge in [0.05, 0.1) is 16.6 Å². The summed E-state index contributed by atoms with van der Waals surface area (Å²) in [4.78, 5) is 12.6. The maximum absolute atomic E-state index is 12.2. The van der Waals surface area contributed by atoms with Crippen LogP contribution in [0.3, 0.4) is 0 Å². The van der Waals surface area contributed by atoms with Crippen molar-refractivity contribution in [1.29, 1.82) is 0 Å². The number of rotatable bonds is 4. The summed E-state index contributed by atoms with van der Waals surface area (Å²) in [6, 6.07) is 5.43. The van der Waals surface area contributed by atoms with Crippen molar-refractivity contribution in [3.63, 3.8) is 0 Å². The molecular formula is C12H12BrIN2OS. The fraction of sp³-hybridized carbons (Fsp3) is 0.333. The Morgan fingerprint density at radius 3 is 2.78 bits per heavy atom. The third-order valence-electron chi connectivity index (χ3n) is 2.86. The molecule has 18 heavy (non-hydrogen) atoms. The number of carbonyl (C=O) groups excluding carboxylic acids is 1. The zero-order chi connectivity index (χ0) is 13.3. The Bertz CT molecular complexity index is 505. The lowest BCUT2D eigenvalue weighted by Crippen LogP contribution is -2.45. The van der Waals surface area contributed by atoms with Crippen LogP contribution in [0.1, 0.15) is 23.2 Å². The number of carbonyl (C=O) groups is 1. The van der Waals surface area contributed by atoms with Crippen LogP contribution < -0.4 is 11.1 Å². The second kappa shape index (κ2) is 5.83. The Balaban J connectivity index is 2.15. The average Bonchev–Trinajstić information content (AvgIpc) is 3.12. The summed E-state index contributed by atoms with van der Waals surface area (Å²) in [5.41, 5.74) is 6.32. The highest BCUT2D eigenvalue weighted by Crippen LogP contribution is 2.33. The molecule has 0 radical (unpaired) electrons. The maximum atomic E-state index is 12.2. The van der Waals surface area contributed by atoms with E-state index in [1.54, 1.807) is 6.07 Å². The van der Waals surface area contributed by atoms with Gasteiger partial charge in [-0.15, -0.1) is 0 Å². The molecule has 0 spiro atoms. The Kier molecular flexibility index (Phi) is 4.60. The van der Waals surface area contributed by atoms with Gasteiger partial charge < -0.3 is 11.1 Å². The number of thiocarbonyl (C=S) groups is 1. The third-order valence-corrected chi connectivity index (χ3v) is 4.55. The number of halogens is 2. The quantitative estimate of drug-likeness (QED) is 0.561. The van der Waals surface area contributed by atoms with E-state index >= 15 is 0 Å². The van der Waals surface area contributed by atoms with E-state index in [2.05, 4.69) is 43.8 Å². The highest BCUT2D eigenvalue weighted by atomic mass is 127. The molecule has 3 nitrogen and oxygen atoms in total. The molecule has 0 saturated heterocycles. The van der Waals surface area contributed by atoms with E-state index in [9.17, 15) is 4.79 Å². The molecule has 2 rings (SSSR count). The van der Waals surface area contributed by atoms with Gasteiger partial charge >= 0.3 is 0 Å². The predicted molar refractivity (Wildman–Crippen MR) is 87.6 cm³/mol. The van der Waals surface area contributed by atoms with Crippen molar-refractivity contribution in [2.75, 3.05) is 0 Å². The maximum Gasteiger partial charge on any atom is 0.252 e. The molecule has 1 amide bonds. The molecule has 1 aromatic rings. The van der Waals surface area contributed by atoms with Gasteiger partial charge in [0.1, 0.15) is 0 Å². The molecule has 1 atom stereocenters. The third kappa shape index (κ3) is 3.42. The van der Waals surface area contributed by atoms with E-state index in [0.29, 0.717) is 16.5 Å². The molecule has 0 heterocycles. The van der Waals surface area contributed by atoms with Gasteiger partial charge in [0, 0.05) is 8.04 Å². The van der Waals surface area contributed by atoms with Gasteiger partial charge in [-0.2, -0.15) is 0 Å². The van der Waals surface area contributed by atoms with Crippen molar-refractivity contribution in [3.05, 3.63) is 31.8 Å².